The fraction of sp³-hybridized carbons (Fsp3) is 0.333. The number of ether oxygens (including phenoxy) is 1. The lowest BCUT2D eigenvalue weighted by Crippen LogP contribution is -2.09. The molecule has 0 unspecified atom stereocenters. The molecule has 0 amide bonds. The van der Waals surface area contributed by atoms with Crippen molar-refractivity contribution < 1.29 is 4.74 Å². The molecule has 0 saturated carbocycles. The minimum absolute atomic E-state index is 0.000256. The van der Waals surface area contributed by atoms with Crippen molar-refractivity contribution in [3.8, 4) is 5.75 Å². The lowest BCUT2D eigenvalue weighted by atomic mass is 10.1. The molecule has 2 N–H and O–H groups in total. The second-order valence-corrected chi connectivity index (χ2v) is 5.27. The Morgan fingerprint density at radius 2 is 1.85 bits per heavy atom. The average Bonchev–Trinajstić information content (AvgIpc) is 2.44. The molecule has 2 nitrogen and oxygen atoms in total. The van der Waals surface area contributed by atoms with Gasteiger partial charge in [0.25, 0.3) is 0 Å². The highest BCUT2D eigenvalue weighted by Gasteiger charge is 2.08. The smallest absolute Gasteiger partial charge is 0.124 e. The van der Waals surface area contributed by atoms with Gasteiger partial charge in [-0.3, -0.25) is 0 Å². The molecule has 0 fully saturated rings. The molecule has 2 aromatic carbocycles. The lowest BCUT2D eigenvalue weighted by molar-refractivity contribution is 0.306. The van der Waals surface area contributed by atoms with Gasteiger partial charge in [0.15, 0.2) is 0 Å². The molecule has 0 heterocycles. The van der Waals surface area contributed by atoms with E-state index in [9.17, 15) is 0 Å². The number of hydrogen-bond donors (Lipinski definition) is 1. The minimum atomic E-state index is -0.000256. The van der Waals surface area contributed by atoms with Crippen molar-refractivity contribution in [3.05, 3.63) is 65.2 Å². The molecule has 0 aromatic heterocycles. The molecule has 0 aliphatic carbocycles. The third-order valence-electron chi connectivity index (χ3n) is 3.37. The predicted octanol–water partition coefficient (Wildman–Crippen LogP) is 4.03. The van der Waals surface area contributed by atoms with Crippen molar-refractivity contribution >= 4 is 0 Å². The number of rotatable bonds is 6. The van der Waals surface area contributed by atoms with Gasteiger partial charge in [-0.25, -0.2) is 0 Å². The Balaban J connectivity index is 1.89. The summed E-state index contributed by atoms with van der Waals surface area (Å²) in [7, 11) is 0. The van der Waals surface area contributed by atoms with Gasteiger partial charge in [-0.15, -0.1) is 0 Å². The number of nitrogens with two attached hydrogens (primary N) is 1. The summed E-state index contributed by atoms with van der Waals surface area (Å²) in [5.74, 6) is 0.924. The maximum atomic E-state index is 5.98. The fourth-order valence-electron chi connectivity index (χ4n) is 2.25. The van der Waals surface area contributed by atoms with E-state index in [4.69, 9.17) is 10.5 Å². The summed E-state index contributed by atoms with van der Waals surface area (Å²) in [5.41, 5.74) is 9.61. The number of hydrogen-bond acceptors (Lipinski definition) is 2. The van der Waals surface area contributed by atoms with Crippen LogP contribution in [0.5, 0.6) is 5.75 Å². The largest absolute Gasteiger partial charge is 0.493 e. The molecule has 2 aromatic rings. The van der Waals surface area contributed by atoms with Gasteiger partial charge in [-0.2, -0.15) is 0 Å². The van der Waals surface area contributed by atoms with Crippen LogP contribution in [-0.2, 0) is 6.42 Å². The third-order valence-corrected chi connectivity index (χ3v) is 3.37. The third kappa shape index (κ3) is 4.10. The Morgan fingerprint density at radius 3 is 2.55 bits per heavy atom. The van der Waals surface area contributed by atoms with E-state index in [0.29, 0.717) is 0 Å². The van der Waals surface area contributed by atoms with Gasteiger partial charge >= 0.3 is 0 Å². The summed E-state index contributed by atoms with van der Waals surface area (Å²) < 4.78 is 5.92. The van der Waals surface area contributed by atoms with E-state index in [1.807, 2.05) is 13.0 Å². The molecule has 0 spiro atoms. The highest BCUT2D eigenvalue weighted by Crippen LogP contribution is 2.25. The lowest BCUT2D eigenvalue weighted by Gasteiger charge is -2.14. The summed E-state index contributed by atoms with van der Waals surface area (Å²) in [6, 6.07) is 16.7. The van der Waals surface area contributed by atoms with Crippen LogP contribution < -0.4 is 10.5 Å². The molecule has 20 heavy (non-hydrogen) atoms. The summed E-state index contributed by atoms with van der Waals surface area (Å²) in [6.07, 6.45) is 2.05. The summed E-state index contributed by atoms with van der Waals surface area (Å²) in [5, 5.41) is 0. The van der Waals surface area contributed by atoms with E-state index in [2.05, 4.69) is 49.4 Å². The van der Waals surface area contributed by atoms with Crippen molar-refractivity contribution in [2.75, 3.05) is 6.61 Å². The van der Waals surface area contributed by atoms with E-state index in [-0.39, 0.29) is 6.04 Å². The van der Waals surface area contributed by atoms with E-state index >= 15 is 0 Å². The number of benzene rings is 2. The normalized spacial score (nSPS) is 12.2. The second kappa shape index (κ2) is 7.11. The Hall–Kier alpha value is -1.80. The summed E-state index contributed by atoms with van der Waals surface area (Å²) in [4.78, 5) is 0. The highest BCUT2D eigenvalue weighted by atomic mass is 16.5. The van der Waals surface area contributed by atoms with Crippen LogP contribution in [0.2, 0.25) is 0 Å². The van der Waals surface area contributed by atoms with Gasteiger partial charge in [-0.05, 0) is 43.9 Å². The molecular formula is C18H23NO. The van der Waals surface area contributed by atoms with E-state index in [1.165, 1.54) is 11.1 Å². The molecule has 0 radical (unpaired) electrons. The van der Waals surface area contributed by atoms with Crippen molar-refractivity contribution in [1.82, 2.24) is 0 Å². The van der Waals surface area contributed by atoms with Gasteiger partial charge in [0.2, 0.25) is 0 Å². The Kier molecular flexibility index (Phi) is 5.19. The van der Waals surface area contributed by atoms with Crippen molar-refractivity contribution in [2.24, 2.45) is 5.73 Å². The van der Waals surface area contributed by atoms with Crippen molar-refractivity contribution in [3.63, 3.8) is 0 Å². The zero-order valence-corrected chi connectivity index (χ0v) is 12.3. The van der Waals surface area contributed by atoms with Crippen molar-refractivity contribution in [1.29, 1.82) is 0 Å². The molecule has 2 heteroatoms. The number of aryl methyl sites for hydroxylation is 2. The minimum Gasteiger partial charge on any atom is -0.493 e. The first-order valence-corrected chi connectivity index (χ1v) is 7.19. The van der Waals surface area contributed by atoms with E-state index in [1.54, 1.807) is 0 Å². The Labute approximate surface area is 121 Å². The molecule has 2 rings (SSSR count). The topological polar surface area (TPSA) is 35.2 Å². The molecule has 0 saturated heterocycles. The first kappa shape index (κ1) is 14.6. The quantitative estimate of drug-likeness (QED) is 0.804. The Bertz CT molecular complexity index is 534. The molecule has 1 atom stereocenters. The van der Waals surface area contributed by atoms with Gasteiger partial charge in [0.05, 0.1) is 6.61 Å². The predicted molar refractivity (Wildman–Crippen MR) is 84.0 cm³/mol. The van der Waals surface area contributed by atoms with Crippen LogP contribution in [0.15, 0.2) is 48.5 Å². The standard InChI is InChI=1S/C18H23NO/c1-14-10-11-17(15(2)19)18(13-14)20-12-6-9-16-7-4-3-5-8-16/h3-5,7-8,10-11,13,15H,6,9,12,19H2,1-2H3/t15-/m0/s1. The zero-order chi connectivity index (χ0) is 14.4. The average molecular weight is 269 g/mol. The van der Waals surface area contributed by atoms with Crippen LogP contribution in [-0.4, -0.2) is 6.61 Å². The van der Waals surface area contributed by atoms with Crippen LogP contribution in [0.4, 0.5) is 0 Å². The van der Waals surface area contributed by atoms with Crippen LogP contribution in [0.25, 0.3) is 0 Å². The van der Waals surface area contributed by atoms with E-state index in [0.717, 1.165) is 30.8 Å². The van der Waals surface area contributed by atoms with Gasteiger partial charge < -0.3 is 10.5 Å². The molecule has 0 aliphatic heterocycles. The van der Waals surface area contributed by atoms with Gasteiger partial charge in [0, 0.05) is 11.6 Å². The highest BCUT2D eigenvalue weighted by molar-refractivity contribution is 5.38. The monoisotopic (exact) mass is 269 g/mol. The summed E-state index contributed by atoms with van der Waals surface area (Å²) >= 11 is 0. The maximum Gasteiger partial charge on any atom is 0.124 e. The van der Waals surface area contributed by atoms with Crippen LogP contribution >= 0.6 is 0 Å². The molecular weight excluding hydrogens is 246 g/mol. The maximum absolute atomic E-state index is 5.98. The zero-order valence-electron chi connectivity index (χ0n) is 12.3. The SMILES string of the molecule is Cc1ccc([C@H](C)N)c(OCCCc2ccccc2)c1. The van der Waals surface area contributed by atoms with Crippen LogP contribution in [0.1, 0.15) is 36.1 Å². The first-order chi connectivity index (χ1) is 9.66. The first-order valence-electron chi connectivity index (χ1n) is 7.19. The van der Waals surface area contributed by atoms with Gasteiger partial charge in [0.1, 0.15) is 5.75 Å². The van der Waals surface area contributed by atoms with Crippen LogP contribution in [0.3, 0.4) is 0 Å². The summed E-state index contributed by atoms with van der Waals surface area (Å²) in [6.45, 7) is 4.78. The Morgan fingerprint density at radius 1 is 1.10 bits per heavy atom. The molecule has 0 bridgehead atoms. The van der Waals surface area contributed by atoms with E-state index < -0.39 is 0 Å². The van der Waals surface area contributed by atoms with Crippen LogP contribution in [0, 0.1) is 6.92 Å². The molecule has 0 aliphatic rings. The van der Waals surface area contributed by atoms with Crippen molar-refractivity contribution in [2.45, 2.75) is 32.7 Å². The fourth-order valence-corrected chi connectivity index (χ4v) is 2.25. The van der Waals surface area contributed by atoms with Gasteiger partial charge in [-0.1, -0.05) is 42.5 Å². The molecule has 106 valence electrons. The second-order valence-electron chi connectivity index (χ2n) is 5.27.